The molecule has 0 fully saturated rings. The molecule has 0 unspecified atom stereocenters. The summed E-state index contributed by atoms with van der Waals surface area (Å²) in [6.07, 6.45) is -31.1. The van der Waals surface area contributed by atoms with Crippen molar-refractivity contribution in [3.63, 3.8) is 0 Å². The predicted molar refractivity (Wildman–Crippen MR) is 52.9 cm³/mol. The maximum absolute atomic E-state index is 13.6. The second-order valence-electron chi connectivity index (χ2n) is 4.65. The molecule has 0 aromatic rings. The summed E-state index contributed by atoms with van der Waals surface area (Å²) >= 11 is 0. The summed E-state index contributed by atoms with van der Waals surface area (Å²) in [5, 5.41) is -7.61. The number of hydrogen-bond acceptors (Lipinski definition) is 5. The van der Waals surface area contributed by atoms with Crippen LogP contribution < -0.4 is 0 Å². The van der Waals surface area contributed by atoms with Crippen LogP contribution in [0.25, 0.3) is 0 Å². The van der Waals surface area contributed by atoms with Gasteiger partial charge in [-0.2, -0.15) is 74.3 Å². The molecule has 0 aliphatic rings. The van der Waals surface area contributed by atoms with Gasteiger partial charge in [0.2, 0.25) is 0 Å². The molecular formula is C8F16O5S. The second-order valence-corrected chi connectivity index (χ2v) is 6.04. The number of carbonyl (C=O) groups is 1. The average molecular weight is 512 g/mol. The molecule has 0 saturated carbocycles. The van der Waals surface area contributed by atoms with Crippen LogP contribution in [0.2, 0.25) is 0 Å². The zero-order valence-corrected chi connectivity index (χ0v) is 13.3. The Kier molecular flexibility index (Phi) is 6.86. The number of hydrogen-bond donors (Lipinski definition) is 0. The van der Waals surface area contributed by atoms with E-state index in [0.29, 0.717) is 0 Å². The highest BCUT2D eigenvalue weighted by Crippen LogP contribution is 2.55. The van der Waals surface area contributed by atoms with Gasteiger partial charge in [0.1, 0.15) is 0 Å². The smallest absolute Gasteiger partial charge is 0.262 e. The normalized spacial score (nSPS) is 19.2. The molecule has 0 aromatic carbocycles. The number of ether oxygens (including phenoxy) is 2. The summed E-state index contributed by atoms with van der Waals surface area (Å²) in [7, 11) is -8.09. The van der Waals surface area contributed by atoms with Crippen molar-refractivity contribution < 1.29 is 92.4 Å². The van der Waals surface area contributed by atoms with Crippen molar-refractivity contribution in [1.29, 1.82) is 0 Å². The van der Waals surface area contributed by atoms with Gasteiger partial charge in [-0.25, -0.2) is 0 Å². The quantitative estimate of drug-likeness (QED) is 0.363. The first kappa shape index (κ1) is 28.4. The van der Waals surface area contributed by atoms with Crippen LogP contribution in [0.3, 0.4) is 0 Å². The number of halogens is 16. The average Bonchev–Trinajstić information content (AvgIpc) is 2.41. The fourth-order valence-electron chi connectivity index (χ4n) is 1.11. The molecule has 180 valence electrons. The molecule has 0 rings (SSSR count). The third kappa shape index (κ3) is 4.53. The highest BCUT2D eigenvalue weighted by Gasteiger charge is 2.84. The topological polar surface area (TPSA) is 69.7 Å². The molecule has 0 aliphatic carbocycles. The van der Waals surface area contributed by atoms with Gasteiger partial charge >= 0.3 is 57.8 Å². The van der Waals surface area contributed by atoms with Gasteiger partial charge in [0.25, 0.3) is 0 Å². The zero-order chi connectivity index (χ0) is 25.0. The molecule has 30 heavy (non-hydrogen) atoms. The van der Waals surface area contributed by atoms with E-state index in [-0.39, 0.29) is 0 Å². The van der Waals surface area contributed by atoms with Crippen molar-refractivity contribution in [2.75, 3.05) is 0 Å². The maximum atomic E-state index is 13.6. The van der Waals surface area contributed by atoms with E-state index in [1.54, 1.807) is 0 Å². The predicted octanol–water partition coefficient (Wildman–Crippen LogP) is 4.05. The van der Waals surface area contributed by atoms with Crippen LogP contribution in [0.4, 0.5) is 69.7 Å². The van der Waals surface area contributed by atoms with Crippen molar-refractivity contribution in [1.82, 2.24) is 0 Å². The molecule has 0 aromatic heterocycles. The first-order valence-corrected chi connectivity index (χ1v) is 7.18. The molecule has 0 aliphatic heterocycles. The van der Waals surface area contributed by atoms with Crippen molar-refractivity contribution >= 4 is 16.3 Å². The van der Waals surface area contributed by atoms with Gasteiger partial charge in [-0.3, -0.25) is 14.3 Å². The first-order chi connectivity index (χ1) is 12.6. The van der Waals surface area contributed by atoms with Crippen LogP contribution in [0.5, 0.6) is 0 Å². The molecule has 0 N–H and O–H groups in total. The van der Waals surface area contributed by atoms with E-state index in [1.165, 1.54) is 9.47 Å². The fraction of sp³-hybridized carbons (Fsp3) is 0.875. The van der Waals surface area contributed by atoms with Crippen LogP contribution in [0.15, 0.2) is 0 Å². The lowest BCUT2D eigenvalue weighted by Gasteiger charge is -2.38. The lowest BCUT2D eigenvalue weighted by molar-refractivity contribution is -0.533. The van der Waals surface area contributed by atoms with E-state index in [1.807, 2.05) is 0 Å². The van der Waals surface area contributed by atoms with Crippen molar-refractivity contribution in [2.24, 2.45) is 0 Å². The minimum atomic E-state index is -8.09. The van der Waals surface area contributed by atoms with Crippen LogP contribution in [-0.4, -0.2) is 56.0 Å². The Labute approximate surface area is 151 Å². The molecule has 2 atom stereocenters. The van der Waals surface area contributed by atoms with Gasteiger partial charge in [0.05, 0.1) is 0 Å². The third-order valence-corrected chi connectivity index (χ3v) is 3.39. The van der Waals surface area contributed by atoms with Crippen LogP contribution in [0.1, 0.15) is 0 Å². The van der Waals surface area contributed by atoms with E-state index in [2.05, 4.69) is 0 Å². The molecule has 0 bridgehead atoms. The minimum absolute atomic E-state index is 1.25. The summed E-state index contributed by atoms with van der Waals surface area (Å²) in [6.45, 7) is 0. The Morgan fingerprint density at radius 2 is 1.00 bits per heavy atom. The molecular weight excluding hydrogens is 512 g/mol. The van der Waals surface area contributed by atoms with E-state index in [9.17, 15) is 83.0 Å². The van der Waals surface area contributed by atoms with E-state index in [0.717, 1.165) is 0 Å². The summed E-state index contributed by atoms with van der Waals surface area (Å²) in [4.78, 5) is 9.88. The Bertz CT molecular complexity index is 769. The van der Waals surface area contributed by atoms with Crippen molar-refractivity contribution in [2.45, 2.75) is 41.5 Å². The van der Waals surface area contributed by atoms with Crippen LogP contribution in [0, 0.1) is 0 Å². The second kappa shape index (κ2) is 7.24. The standard InChI is InChI=1S/C8F16O5S/c9-1(25)2(10,4(12,13)14)28-6(18,19)3(11,5(15,16)17)29-7(20,21)8(22,23)30(24,26)27/t2-,3+/m1/s1. The van der Waals surface area contributed by atoms with Crippen molar-refractivity contribution in [3.8, 4) is 0 Å². The van der Waals surface area contributed by atoms with Gasteiger partial charge in [-0.15, -0.1) is 0 Å². The number of rotatable bonds is 8. The Morgan fingerprint density at radius 3 is 1.23 bits per heavy atom. The first-order valence-electron chi connectivity index (χ1n) is 5.80. The Morgan fingerprint density at radius 1 is 0.633 bits per heavy atom. The minimum Gasteiger partial charge on any atom is -0.262 e. The number of alkyl halides is 14. The van der Waals surface area contributed by atoms with Crippen LogP contribution >= 0.6 is 0 Å². The van der Waals surface area contributed by atoms with Gasteiger partial charge < -0.3 is 0 Å². The summed E-state index contributed by atoms with van der Waals surface area (Å²) in [5.74, 6) is -15.3. The Balaban J connectivity index is 6.70. The zero-order valence-electron chi connectivity index (χ0n) is 12.5. The van der Waals surface area contributed by atoms with E-state index < -0.39 is 57.8 Å². The van der Waals surface area contributed by atoms with Crippen molar-refractivity contribution in [3.05, 3.63) is 0 Å². The molecule has 5 nitrogen and oxygen atoms in total. The maximum Gasteiger partial charge on any atom is 0.464 e. The molecule has 0 radical (unpaired) electrons. The van der Waals surface area contributed by atoms with Gasteiger partial charge in [0, 0.05) is 0 Å². The lowest BCUT2D eigenvalue weighted by Crippen LogP contribution is -2.67. The highest BCUT2D eigenvalue weighted by atomic mass is 32.3. The molecule has 22 heteroatoms. The van der Waals surface area contributed by atoms with Gasteiger partial charge in [0.15, 0.2) is 0 Å². The van der Waals surface area contributed by atoms with Gasteiger partial charge in [-0.05, 0) is 0 Å². The van der Waals surface area contributed by atoms with E-state index in [4.69, 9.17) is 0 Å². The lowest BCUT2D eigenvalue weighted by atomic mass is 10.2. The Hall–Kier alpha value is -1.58. The molecule has 0 spiro atoms. The largest absolute Gasteiger partial charge is 0.464 e. The van der Waals surface area contributed by atoms with Crippen LogP contribution in [-0.2, 0) is 24.5 Å². The summed E-state index contributed by atoms with van der Waals surface area (Å²) in [5.41, 5.74) is 0. The third-order valence-electron chi connectivity index (χ3n) is 2.54. The summed E-state index contributed by atoms with van der Waals surface area (Å²) in [6, 6.07) is -4.76. The molecule has 0 saturated heterocycles. The fourth-order valence-corrected chi connectivity index (χ4v) is 1.44. The van der Waals surface area contributed by atoms with Gasteiger partial charge in [-0.1, -0.05) is 3.89 Å². The highest BCUT2D eigenvalue weighted by molar-refractivity contribution is 7.87. The molecule has 0 amide bonds. The monoisotopic (exact) mass is 512 g/mol. The number of carbonyl (C=O) groups excluding carboxylic acids is 1. The molecule has 0 heterocycles. The van der Waals surface area contributed by atoms with E-state index >= 15 is 0 Å². The SMILES string of the molecule is O=C(F)[C@@](F)(OC(F)(F)[C@@](F)(OC(F)(F)C(F)(F)S(=O)(=O)F)C(F)(F)F)C(F)(F)F. The summed E-state index contributed by atoms with van der Waals surface area (Å²) < 4.78 is 224.